The zero-order valence-corrected chi connectivity index (χ0v) is 18.2. The van der Waals surface area contributed by atoms with E-state index in [9.17, 15) is 14.2 Å². The number of carbonyl (C=O) groups excluding carboxylic acids is 2. The van der Waals surface area contributed by atoms with Gasteiger partial charge in [-0.3, -0.25) is 9.59 Å². The number of benzene rings is 2. The summed E-state index contributed by atoms with van der Waals surface area (Å²) in [5.41, 5.74) is 0. The molecule has 1 heterocycles. The van der Waals surface area contributed by atoms with Gasteiger partial charge in [0.15, 0.2) is 13.7 Å². The number of carbonyl (C=O) groups is 2. The van der Waals surface area contributed by atoms with E-state index in [2.05, 4.69) is 6.92 Å². The lowest BCUT2D eigenvalue weighted by Crippen LogP contribution is -2.42. The topological polar surface area (TPSA) is 63.7 Å². The van der Waals surface area contributed by atoms with E-state index >= 15 is 0 Å². The van der Waals surface area contributed by atoms with Gasteiger partial charge in [-0.05, 0) is 31.6 Å². The third kappa shape index (κ3) is 3.72. The van der Waals surface area contributed by atoms with Crippen molar-refractivity contribution in [3.63, 3.8) is 0 Å². The van der Waals surface area contributed by atoms with E-state index < -0.39 is 18.3 Å². The molecule has 1 saturated heterocycles. The monoisotopic (exact) mass is 425 g/mol. The summed E-state index contributed by atoms with van der Waals surface area (Å²) in [6.07, 6.45) is 3.09. The van der Waals surface area contributed by atoms with Crippen LogP contribution >= 0.6 is 7.14 Å². The minimum absolute atomic E-state index is 0.167. The summed E-state index contributed by atoms with van der Waals surface area (Å²) in [6.45, 7) is 3.25. The molecule has 0 spiro atoms. The van der Waals surface area contributed by atoms with E-state index in [0.29, 0.717) is 42.5 Å². The maximum atomic E-state index is 14.5. The van der Waals surface area contributed by atoms with Crippen molar-refractivity contribution in [1.29, 1.82) is 0 Å². The normalized spacial score (nSPS) is 20.4. The van der Waals surface area contributed by atoms with Crippen LogP contribution in [0.3, 0.4) is 0 Å². The fourth-order valence-electron chi connectivity index (χ4n) is 4.45. The predicted octanol–water partition coefficient (Wildman–Crippen LogP) is 3.33. The van der Waals surface area contributed by atoms with Crippen LogP contribution in [0.25, 0.3) is 0 Å². The molecule has 2 aromatic carbocycles. The van der Waals surface area contributed by atoms with Crippen molar-refractivity contribution in [2.75, 3.05) is 19.7 Å². The Morgan fingerprint density at radius 3 is 2.10 bits per heavy atom. The van der Waals surface area contributed by atoms with Crippen molar-refractivity contribution in [3.05, 3.63) is 60.7 Å². The molecule has 6 heteroatoms. The van der Waals surface area contributed by atoms with Gasteiger partial charge in [-0.1, -0.05) is 67.6 Å². The van der Waals surface area contributed by atoms with Crippen LogP contribution in [0.15, 0.2) is 60.7 Å². The molecule has 1 unspecified atom stereocenters. The van der Waals surface area contributed by atoms with Crippen molar-refractivity contribution in [2.24, 2.45) is 5.92 Å². The molecule has 1 atom stereocenters. The van der Waals surface area contributed by atoms with E-state index in [1.165, 1.54) is 0 Å². The van der Waals surface area contributed by atoms with Crippen LogP contribution in [-0.4, -0.2) is 41.6 Å². The fourth-order valence-corrected chi connectivity index (χ4v) is 7.99. The average molecular weight is 425 g/mol. The van der Waals surface area contributed by atoms with Gasteiger partial charge in [0.25, 0.3) is 5.91 Å². The van der Waals surface area contributed by atoms with E-state index in [1.54, 1.807) is 4.90 Å². The lowest BCUT2D eigenvalue weighted by atomic mass is 10.0. The van der Waals surface area contributed by atoms with Crippen molar-refractivity contribution in [3.8, 4) is 0 Å². The van der Waals surface area contributed by atoms with Gasteiger partial charge in [-0.15, -0.1) is 0 Å². The molecule has 0 radical (unpaired) electrons. The van der Waals surface area contributed by atoms with Crippen LogP contribution in [0.4, 0.5) is 0 Å². The molecule has 30 heavy (non-hydrogen) atoms. The molecular formula is C24H28NO4P. The van der Waals surface area contributed by atoms with Gasteiger partial charge in [0.1, 0.15) is 5.16 Å². The highest BCUT2D eigenvalue weighted by molar-refractivity contribution is 7.81. The number of hydrogen-bond donors (Lipinski definition) is 0. The number of likely N-dealkylation sites (tertiary alicyclic amines) is 1. The molecule has 2 aromatic rings. The van der Waals surface area contributed by atoms with E-state index in [1.807, 2.05) is 60.7 Å². The molecule has 0 aromatic heterocycles. The summed E-state index contributed by atoms with van der Waals surface area (Å²) >= 11 is 0. The minimum Gasteiger partial charge on any atom is -0.455 e. The zero-order valence-electron chi connectivity index (χ0n) is 17.3. The number of hydrogen-bond acceptors (Lipinski definition) is 4. The molecular weight excluding hydrogens is 397 g/mol. The Labute approximate surface area is 177 Å². The van der Waals surface area contributed by atoms with Gasteiger partial charge < -0.3 is 14.2 Å². The number of esters is 1. The summed E-state index contributed by atoms with van der Waals surface area (Å²) in [5, 5.41) is 0.231. The SMILES string of the molecule is CC1CCCN(C(=O)COC(=O)C2(P(=O)(c3ccccc3)c3ccccc3)CC2)C1. The van der Waals surface area contributed by atoms with Gasteiger partial charge in [0.05, 0.1) is 0 Å². The molecule has 1 aliphatic heterocycles. The predicted molar refractivity (Wildman–Crippen MR) is 118 cm³/mol. The molecule has 1 saturated carbocycles. The summed E-state index contributed by atoms with van der Waals surface area (Å²) < 4.78 is 20.0. The smallest absolute Gasteiger partial charge is 0.320 e. The Bertz CT molecular complexity index is 912. The number of ether oxygens (including phenoxy) is 1. The Hall–Kier alpha value is -2.39. The first-order valence-corrected chi connectivity index (χ1v) is 12.3. The Morgan fingerprint density at radius 1 is 1.03 bits per heavy atom. The molecule has 2 fully saturated rings. The summed E-state index contributed by atoms with van der Waals surface area (Å²) in [4.78, 5) is 27.5. The van der Waals surface area contributed by atoms with Crippen LogP contribution in [0.2, 0.25) is 0 Å². The second kappa shape index (κ2) is 8.39. The van der Waals surface area contributed by atoms with Crippen LogP contribution in [0.5, 0.6) is 0 Å². The number of rotatable bonds is 6. The maximum absolute atomic E-state index is 14.5. The Morgan fingerprint density at radius 2 is 1.60 bits per heavy atom. The first-order valence-electron chi connectivity index (χ1n) is 10.6. The molecule has 1 aliphatic carbocycles. The molecule has 4 rings (SSSR count). The average Bonchev–Trinajstić information content (AvgIpc) is 3.60. The number of amides is 1. The van der Waals surface area contributed by atoms with Gasteiger partial charge in [0.2, 0.25) is 0 Å². The van der Waals surface area contributed by atoms with Gasteiger partial charge in [0, 0.05) is 23.7 Å². The van der Waals surface area contributed by atoms with Crippen LogP contribution in [0.1, 0.15) is 32.6 Å². The maximum Gasteiger partial charge on any atom is 0.320 e. The minimum atomic E-state index is -3.27. The largest absolute Gasteiger partial charge is 0.455 e. The third-order valence-electron chi connectivity index (χ3n) is 6.28. The highest BCUT2D eigenvalue weighted by Crippen LogP contribution is 2.68. The van der Waals surface area contributed by atoms with Crippen LogP contribution < -0.4 is 10.6 Å². The second-order valence-electron chi connectivity index (χ2n) is 8.48. The highest BCUT2D eigenvalue weighted by Gasteiger charge is 2.65. The molecule has 5 nitrogen and oxygen atoms in total. The summed E-state index contributed by atoms with van der Waals surface area (Å²) in [7, 11) is -3.27. The first-order chi connectivity index (χ1) is 14.5. The molecule has 2 aliphatic rings. The summed E-state index contributed by atoms with van der Waals surface area (Å²) in [5.74, 6) is -0.221. The molecule has 158 valence electrons. The first kappa shape index (κ1) is 20.9. The fraction of sp³-hybridized carbons (Fsp3) is 0.417. The van der Waals surface area contributed by atoms with E-state index in [4.69, 9.17) is 4.74 Å². The standard InChI is InChI=1S/C24H28NO4P/c1-19-9-8-16-25(17-19)22(26)18-29-23(27)24(14-15-24)30(28,20-10-4-2-5-11-20)21-12-6-3-7-13-21/h2-7,10-13,19H,8-9,14-18H2,1H3. The lowest BCUT2D eigenvalue weighted by molar-refractivity contribution is -0.153. The lowest BCUT2D eigenvalue weighted by Gasteiger charge is -2.31. The quantitative estimate of drug-likeness (QED) is 0.526. The Kier molecular flexibility index (Phi) is 5.84. The van der Waals surface area contributed by atoms with Gasteiger partial charge in [-0.2, -0.15) is 0 Å². The highest BCUT2D eigenvalue weighted by atomic mass is 31.2. The van der Waals surface area contributed by atoms with Crippen LogP contribution in [-0.2, 0) is 18.9 Å². The van der Waals surface area contributed by atoms with Crippen molar-refractivity contribution in [2.45, 2.75) is 37.8 Å². The zero-order chi connectivity index (χ0) is 21.2. The molecule has 0 N–H and O–H groups in total. The van der Waals surface area contributed by atoms with Gasteiger partial charge in [-0.25, -0.2) is 0 Å². The van der Waals surface area contributed by atoms with Crippen molar-refractivity contribution in [1.82, 2.24) is 4.90 Å². The van der Waals surface area contributed by atoms with Crippen LogP contribution in [0, 0.1) is 5.92 Å². The summed E-state index contributed by atoms with van der Waals surface area (Å²) in [6, 6.07) is 18.4. The van der Waals surface area contributed by atoms with Crippen molar-refractivity contribution >= 4 is 29.6 Å². The number of piperidine rings is 1. The van der Waals surface area contributed by atoms with E-state index in [0.717, 1.165) is 12.8 Å². The molecule has 1 amide bonds. The second-order valence-corrected chi connectivity index (χ2v) is 11.6. The van der Waals surface area contributed by atoms with Gasteiger partial charge >= 0.3 is 5.97 Å². The van der Waals surface area contributed by atoms with E-state index in [-0.39, 0.29) is 12.5 Å². The third-order valence-corrected chi connectivity index (χ3v) is 10.2. The van der Waals surface area contributed by atoms with Crippen molar-refractivity contribution < 1.29 is 18.9 Å². The molecule has 0 bridgehead atoms. The number of nitrogens with zero attached hydrogens (tertiary/aromatic N) is 1. The Balaban J connectivity index is 1.56.